The molecule has 1 amide bonds. The minimum Gasteiger partial charge on any atom is -0.467 e. The van der Waals surface area contributed by atoms with E-state index in [1.54, 1.807) is 36.6 Å². The van der Waals surface area contributed by atoms with Crippen molar-refractivity contribution in [2.24, 2.45) is 0 Å². The number of amides is 1. The number of benzene rings is 1. The van der Waals surface area contributed by atoms with Gasteiger partial charge in [0.15, 0.2) is 4.77 Å². The number of aromatic amines is 1. The quantitative estimate of drug-likeness (QED) is 0.700. The number of fused-ring (bicyclic) bond motifs is 1. The Bertz CT molecular complexity index is 1070. The van der Waals surface area contributed by atoms with E-state index in [0.29, 0.717) is 27.0 Å². The van der Waals surface area contributed by atoms with Gasteiger partial charge in [-0.05, 0) is 55.4 Å². The summed E-state index contributed by atoms with van der Waals surface area (Å²) >= 11 is 5.36. The van der Waals surface area contributed by atoms with Crippen molar-refractivity contribution in [3.63, 3.8) is 0 Å². The number of nitrogens with zero attached hydrogens (tertiary/aromatic N) is 2. The van der Waals surface area contributed by atoms with Crippen LogP contribution in [0.15, 0.2) is 45.8 Å². The Kier molecular flexibility index (Phi) is 4.94. The van der Waals surface area contributed by atoms with Crippen LogP contribution in [0.25, 0.3) is 10.9 Å². The molecule has 0 spiro atoms. The van der Waals surface area contributed by atoms with Gasteiger partial charge in [-0.15, -0.1) is 0 Å². The number of hydrogen-bond acceptors (Lipinski definition) is 4. The molecule has 140 valence electrons. The summed E-state index contributed by atoms with van der Waals surface area (Å²) < 4.78 is 7.09. The van der Waals surface area contributed by atoms with Crippen LogP contribution in [-0.4, -0.2) is 33.4 Å². The number of H-pyrrole nitrogens is 1. The first-order valence-corrected chi connectivity index (χ1v) is 9.63. The number of nitrogens with one attached hydrogen (secondary N) is 1. The van der Waals surface area contributed by atoms with Crippen molar-refractivity contribution < 1.29 is 9.21 Å². The van der Waals surface area contributed by atoms with Gasteiger partial charge >= 0.3 is 0 Å². The Morgan fingerprint density at radius 2 is 1.93 bits per heavy atom. The SMILES string of the molecule is O=C(c1ccc2c(=O)n(Cc3ccco3)c(=S)[nH]c2c1)N1CCCCCC1. The molecule has 1 aromatic carbocycles. The third kappa shape index (κ3) is 3.60. The Morgan fingerprint density at radius 3 is 2.63 bits per heavy atom. The molecule has 0 unspecified atom stereocenters. The zero-order chi connectivity index (χ0) is 18.8. The van der Waals surface area contributed by atoms with Crippen molar-refractivity contribution in [2.75, 3.05) is 13.1 Å². The molecular formula is C20H21N3O3S. The maximum absolute atomic E-state index is 12.8. The number of carbonyl (C=O) groups is 1. The van der Waals surface area contributed by atoms with Crippen LogP contribution in [-0.2, 0) is 6.54 Å². The van der Waals surface area contributed by atoms with Crippen molar-refractivity contribution in [1.82, 2.24) is 14.5 Å². The summed E-state index contributed by atoms with van der Waals surface area (Å²) in [7, 11) is 0. The lowest BCUT2D eigenvalue weighted by atomic mass is 10.1. The summed E-state index contributed by atoms with van der Waals surface area (Å²) in [4.78, 5) is 30.7. The highest BCUT2D eigenvalue weighted by Crippen LogP contribution is 2.16. The number of hydrogen-bond donors (Lipinski definition) is 1. The third-order valence-corrected chi connectivity index (χ3v) is 5.34. The molecule has 1 saturated heterocycles. The molecule has 4 rings (SSSR count). The highest BCUT2D eigenvalue weighted by atomic mass is 32.1. The summed E-state index contributed by atoms with van der Waals surface area (Å²) in [5.41, 5.74) is 0.971. The maximum atomic E-state index is 12.8. The second kappa shape index (κ2) is 7.52. The summed E-state index contributed by atoms with van der Waals surface area (Å²) in [5, 5.41) is 0.502. The van der Waals surface area contributed by atoms with Gasteiger partial charge in [0.05, 0.1) is 23.7 Å². The van der Waals surface area contributed by atoms with Crippen LogP contribution < -0.4 is 5.56 Å². The Labute approximate surface area is 161 Å². The van der Waals surface area contributed by atoms with Gasteiger partial charge in [-0.3, -0.25) is 14.2 Å². The normalized spacial score (nSPS) is 15.0. The van der Waals surface area contributed by atoms with Crippen LogP contribution in [0.4, 0.5) is 0 Å². The molecule has 0 aliphatic carbocycles. The average molecular weight is 383 g/mol. The second-order valence-corrected chi connectivity index (χ2v) is 7.25. The second-order valence-electron chi connectivity index (χ2n) is 6.87. The first kappa shape index (κ1) is 17.7. The van der Waals surface area contributed by atoms with Crippen LogP contribution in [0, 0.1) is 4.77 Å². The molecule has 0 atom stereocenters. The van der Waals surface area contributed by atoms with Gasteiger partial charge in [0, 0.05) is 18.7 Å². The zero-order valence-corrected chi connectivity index (χ0v) is 15.8. The van der Waals surface area contributed by atoms with Gasteiger partial charge in [0.25, 0.3) is 11.5 Å². The van der Waals surface area contributed by atoms with E-state index in [2.05, 4.69) is 4.98 Å². The molecule has 1 aliphatic heterocycles. The minimum absolute atomic E-state index is 0.0119. The monoisotopic (exact) mass is 383 g/mol. The first-order chi connectivity index (χ1) is 13.1. The third-order valence-electron chi connectivity index (χ3n) is 5.02. The lowest BCUT2D eigenvalue weighted by Gasteiger charge is -2.20. The lowest BCUT2D eigenvalue weighted by Crippen LogP contribution is -2.32. The summed E-state index contributed by atoms with van der Waals surface area (Å²) in [6.45, 7) is 1.85. The van der Waals surface area contributed by atoms with Crippen LogP contribution in [0.2, 0.25) is 0 Å². The van der Waals surface area contributed by atoms with Crippen LogP contribution in [0.1, 0.15) is 41.8 Å². The van der Waals surface area contributed by atoms with Gasteiger partial charge in [0.2, 0.25) is 0 Å². The number of likely N-dealkylation sites (tertiary alicyclic amines) is 1. The van der Waals surface area contributed by atoms with Crippen LogP contribution >= 0.6 is 12.2 Å². The highest BCUT2D eigenvalue weighted by Gasteiger charge is 2.18. The molecule has 1 aliphatic rings. The highest BCUT2D eigenvalue weighted by molar-refractivity contribution is 7.71. The summed E-state index contributed by atoms with van der Waals surface area (Å²) in [6, 6.07) is 8.73. The van der Waals surface area contributed by atoms with Crippen molar-refractivity contribution in [1.29, 1.82) is 0 Å². The zero-order valence-electron chi connectivity index (χ0n) is 14.9. The summed E-state index contributed by atoms with van der Waals surface area (Å²) in [6.07, 6.45) is 5.99. The van der Waals surface area contributed by atoms with Gasteiger partial charge in [0.1, 0.15) is 5.76 Å². The van der Waals surface area contributed by atoms with E-state index in [9.17, 15) is 9.59 Å². The Balaban J connectivity index is 1.70. The smallest absolute Gasteiger partial charge is 0.262 e. The predicted octanol–water partition coefficient (Wildman–Crippen LogP) is 3.72. The molecule has 7 heteroatoms. The van der Waals surface area contributed by atoms with Crippen LogP contribution in [0.5, 0.6) is 0 Å². The van der Waals surface area contributed by atoms with E-state index in [-0.39, 0.29) is 18.0 Å². The molecule has 0 saturated carbocycles. The molecule has 2 aromatic heterocycles. The van der Waals surface area contributed by atoms with E-state index >= 15 is 0 Å². The van der Waals surface area contributed by atoms with Gasteiger partial charge in [-0.2, -0.15) is 0 Å². The molecule has 0 bridgehead atoms. The Morgan fingerprint density at radius 1 is 1.15 bits per heavy atom. The van der Waals surface area contributed by atoms with E-state index in [4.69, 9.17) is 16.6 Å². The van der Waals surface area contributed by atoms with Crippen molar-refractivity contribution in [3.05, 3.63) is 63.0 Å². The van der Waals surface area contributed by atoms with E-state index < -0.39 is 0 Å². The van der Waals surface area contributed by atoms with E-state index in [1.807, 2.05) is 4.90 Å². The van der Waals surface area contributed by atoms with Crippen molar-refractivity contribution >= 4 is 29.0 Å². The molecule has 1 N–H and O–H groups in total. The number of furan rings is 1. The maximum Gasteiger partial charge on any atom is 0.262 e. The fourth-order valence-corrected chi connectivity index (χ4v) is 3.80. The standard InChI is InChI=1S/C20H21N3O3S/c24-18(22-9-3-1-2-4-10-22)14-7-8-16-17(12-14)21-20(27)23(19(16)25)13-15-6-5-11-26-15/h5-8,11-12H,1-4,9-10,13H2,(H,21,27). The minimum atomic E-state index is -0.195. The molecule has 3 aromatic rings. The number of aromatic nitrogens is 2. The van der Waals surface area contributed by atoms with Crippen molar-refractivity contribution in [3.8, 4) is 0 Å². The molecule has 1 fully saturated rings. The molecule has 27 heavy (non-hydrogen) atoms. The lowest BCUT2D eigenvalue weighted by molar-refractivity contribution is 0.0762. The molecule has 0 radical (unpaired) electrons. The van der Waals surface area contributed by atoms with E-state index in [0.717, 1.165) is 25.9 Å². The first-order valence-electron chi connectivity index (χ1n) is 9.22. The summed E-state index contributed by atoms with van der Waals surface area (Å²) in [5.74, 6) is 0.668. The van der Waals surface area contributed by atoms with Crippen LogP contribution in [0.3, 0.4) is 0 Å². The molecule has 6 nitrogen and oxygen atoms in total. The van der Waals surface area contributed by atoms with E-state index in [1.165, 1.54) is 17.4 Å². The fraction of sp³-hybridized carbons (Fsp3) is 0.350. The molecular weight excluding hydrogens is 362 g/mol. The van der Waals surface area contributed by atoms with Gasteiger partial charge < -0.3 is 14.3 Å². The van der Waals surface area contributed by atoms with Gasteiger partial charge in [-0.25, -0.2) is 0 Å². The Hall–Kier alpha value is -2.67. The number of carbonyl (C=O) groups excluding carboxylic acids is 1. The fourth-order valence-electron chi connectivity index (χ4n) is 3.55. The predicted molar refractivity (Wildman–Crippen MR) is 106 cm³/mol. The topological polar surface area (TPSA) is 71.2 Å². The molecule has 3 heterocycles. The number of rotatable bonds is 3. The largest absolute Gasteiger partial charge is 0.467 e. The average Bonchev–Trinajstić information content (AvgIpc) is 3.03. The van der Waals surface area contributed by atoms with Crippen molar-refractivity contribution in [2.45, 2.75) is 32.2 Å². The van der Waals surface area contributed by atoms with Gasteiger partial charge in [-0.1, -0.05) is 12.8 Å².